The number of imide groups is 1. The molecular formula is C22H25N3O2. The summed E-state index contributed by atoms with van der Waals surface area (Å²) in [6.45, 7) is 7.24. The number of amides is 2. The van der Waals surface area contributed by atoms with Crippen molar-refractivity contribution in [3.8, 4) is 0 Å². The van der Waals surface area contributed by atoms with Gasteiger partial charge in [0.25, 0.3) is 5.91 Å². The van der Waals surface area contributed by atoms with Crippen LogP contribution in [0.4, 0.5) is 11.4 Å². The van der Waals surface area contributed by atoms with Crippen LogP contribution in [0.25, 0.3) is 0 Å². The molecule has 1 atom stereocenters. The molecule has 5 nitrogen and oxygen atoms in total. The predicted octanol–water partition coefficient (Wildman–Crippen LogP) is 2.76. The molecule has 0 saturated carbocycles. The average Bonchev–Trinajstić information content (AvgIpc) is 2.99. The lowest BCUT2D eigenvalue weighted by molar-refractivity contribution is -0.123. The first kappa shape index (κ1) is 17.7. The molecule has 2 saturated heterocycles. The first-order valence-corrected chi connectivity index (χ1v) is 9.52. The normalized spacial score (nSPS) is 21.2. The Hall–Kier alpha value is -2.66. The number of nitrogens with zero attached hydrogens (tertiary/aromatic N) is 3. The first-order chi connectivity index (χ1) is 13.0. The van der Waals surface area contributed by atoms with E-state index in [0.717, 1.165) is 43.0 Å². The maximum atomic E-state index is 13.1. The highest BCUT2D eigenvalue weighted by Crippen LogP contribution is 2.30. The van der Waals surface area contributed by atoms with E-state index in [-0.39, 0.29) is 24.3 Å². The number of rotatable bonds is 3. The van der Waals surface area contributed by atoms with Gasteiger partial charge in [-0.1, -0.05) is 30.3 Å². The van der Waals surface area contributed by atoms with Crippen LogP contribution in [0.5, 0.6) is 0 Å². The molecular weight excluding hydrogens is 338 g/mol. The van der Waals surface area contributed by atoms with Gasteiger partial charge >= 0.3 is 0 Å². The van der Waals surface area contributed by atoms with Crippen molar-refractivity contribution >= 4 is 23.2 Å². The molecule has 4 rings (SSSR count). The maximum Gasteiger partial charge on any atom is 0.251 e. The second kappa shape index (κ2) is 7.16. The molecule has 2 aliphatic rings. The standard InChI is InChI=1S/C22H25N3O2/c1-16-8-9-17(2)19(14-16)25-21(26)15-20(22(25)27)24-12-10-23(11-13-24)18-6-4-3-5-7-18/h3-9,14,20H,10-13,15H2,1-2H3. The third kappa shape index (κ3) is 3.35. The van der Waals surface area contributed by atoms with Gasteiger partial charge in [0.1, 0.15) is 0 Å². The Bertz CT molecular complexity index is 857. The molecule has 0 bridgehead atoms. The van der Waals surface area contributed by atoms with Gasteiger partial charge in [-0.25, -0.2) is 4.90 Å². The average molecular weight is 363 g/mol. The van der Waals surface area contributed by atoms with Crippen LogP contribution in [-0.4, -0.2) is 48.9 Å². The third-order valence-corrected chi connectivity index (χ3v) is 5.60. The predicted molar refractivity (Wildman–Crippen MR) is 107 cm³/mol. The minimum absolute atomic E-state index is 0.0816. The molecule has 2 fully saturated rings. The van der Waals surface area contributed by atoms with Crippen LogP contribution in [0, 0.1) is 13.8 Å². The summed E-state index contributed by atoms with van der Waals surface area (Å²) >= 11 is 0. The number of benzene rings is 2. The van der Waals surface area contributed by atoms with Crippen LogP contribution in [0.3, 0.4) is 0 Å². The number of hydrogen-bond donors (Lipinski definition) is 0. The molecule has 0 radical (unpaired) electrons. The summed E-state index contributed by atoms with van der Waals surface area (Å²) in [7, 11) is 0. The molecule has 27 heavy (non-hydrogen) atoms. The molecule has 0 aromatic heterocycles. The molecule has 140 valence electrons. The topological polar surface area (TPSA) is 43.9 Å². The van der Waals surface area contributed by atoms with Crippen LogP contribution in [0.15, 0.2) is 48.5 Å². The molecule has 2 amide bonds. The zero-order valence-corrected chi connectivity index (χ0v) is 15.9. The van der Waals surface area contributed by atoms with E-state index < -0.39 is 0 Å². The minimum atomic E-state index is -0.338. The van der Waals surface area contributed by atoms with Crippen LogP contribution in [0.1, 0.15) is 17.5 Å². The summed E-state index contributed by atoms with van der Waals surface area (Å²) in [6, 6.07) is 15.9. The van der Waals surface area contributed by atoms with Gasteiger partial charge in [-0.2, -0.15) is 0 Å². The van der Waals surface area contributed by atoms with E-state index >= 15 is 0 Å². The number of anilines is 2. The highest BCUT2D eigenvalue weighted by Gasteiger charge is 2.43. The SMILES string of the molecule is Cc1ccc(C)c(N2C(=O)CC(N3CCN(c4ccccc4)CC3)C2=O)c1. The summed E-state index contributed by atoms with van der Waals surface area (Å²) in [5.74, 6) is -0.175. The first-order valence-electron chi connectivity index (χ1n) is 9.52. The van der Waals surface area contributed by atoms with E-state index in [0.29, 0.717) is 0 Å². The number of piperazine rings is 1. The van der Waals surface area contributed by atoms with Crippen molar-refractivity contribution in [1.29, 1.82) is 0 Å². The Balaban J connectivity index is 1.47. The van der Waals surface area contributed by atoms with Gasteiger partial charge in [0, 0.05) is 31.9 Å². The zero-order chi connectivity index (χ0) is 19.0. The van der Waals surface area contributed by atoms with Gasteiger partial charge in [-0.05, 0) is 43.2 Å². The van der Waals surface area contributed by atoms with Gasteiger partial charge in [0.05, 0.1) is 18.2 Å². The summed E-state index contributed by atoms with van der Waals surface area (Å²) in [4.78, 5) is 31.6. The van der Waals surface area contributed by atoms with Gasteiger partial charge in [-0.15, -0.1) is 0 Å². The monoisotopic (exact) mass is 363 g/mol. The zero-order valence-electron chi connectivity index (χ0n) is 15.9. The van der Waals surface area contributed by atoms with Crippen molar-refractivity contribution in [3.05, 3.63) is 59.7 Å². The molecule has 0 spiro atoms. The number of aryl methyl sites for hydroxylation is 2. The van der Waals surface area contributed by atoms with E-state index in [1.165, 1.54) is 10.6 Å². The fourth-order valence-electron chi connectivity index (χ4n) is 4.05. The van der Waals surface area contributed by atoms with E-state index in [1.54, 1.807) is 0 Å². The Morgan fingerprint density at radius 1 is 0.889 bits per heavy atom. The Morgan fingerprint density at radius 3 is 2.30 bits per heavy atom. The Morgan fingerprint density at radius 2 is 1.59 bits per heavy atom. The maximum absolute atomic E-state index is 13.1. The molecule has 2 aromatic rings. The van der Waals surface area contributed by atoms with Crippen LogP contribution < -0.4 is 9.80 Å². The molecule has 0 aliphatic carbocycles. The lowest BCUT2D eigenvalue weighted by Gasteiger charge is -2.38. The van der Waals surface area contributed by atoms with Gasteiger partial charge < -0.3 is 4.90 Å². The fourth-order valence-corrected chi connectivity index (χ4v) is 4.05. The smallest absolute Gasteiger partial charge is 0.251 e. The van der Waals surface area contributed by atoms with E-state index in [4.69, 9.17) is 0 Å². The fraction of sp³-hybridized carbons (Fsp3) is 0.364. The summed E-state index contributed by atoms with van der Waals surface area (Å²) in [6.07, 6.45) is 0.275. The largest absolute Gasteiger partial charge is 0.369 e. The second-order valence-corrected chi connectivity index (χ2v) is 7.44. The lowest BCUT2D eigenvalue weighted by Crippen LogP contribution is -2.52. The minimum Gasteiger partial charge on any atom is -0.369 e. The molecule has 5 heteroatoms. The lowest BCUT2D eigenvalue weighted by atomic mass is 10.1. The van der Waals surface area contributed by atoms with Crippen LogP contribution in [-0.2, 0) is 9.59 Å². The van der Waals surface area contributed by atoms with Gasteiger partial charge in [0.15, 0.2) is 0 Å². The Kier molecular flexibility index (Phi) is 4.70. The number of carbonyl (C=O) groups excluding carboxylic acids is 2. The highest BCUT2D eigenvalue weighted by molar-refractivity contribution is 6.22. The molecule has 2 heterocycles. The molecule has 2 aliphatic heterocycles. The summed E-state index contributed by atoms with van der Waals surface area (Å²) in [5, 5.41) is 0. The van der Waals surface area contributed by atoms with E-state index in [2.05, 4.69) is 21.9 Å². The number of carbonyl (C=O) groups is 2. The third-order valence-electron chi connectivity index (χ3n) is 5.60. The van der Waals surface area contributed by atoms with Crippen molar-refractivity contribution in [2.45, 2.75) is 26.3 Å². The van der Waals surface area contributed by atoms with E-state index in [9.17, 15) is 9.59 Å². The van der Waals surface area contributed by atoms with Crippen molar-refractivity contribution in [2.75, 3.05) is 36.0 Å². The van der Waals surface area contributed by atoms with Gasteiger partial charge in [-0.3, -0.25) is 14.5 Å². The number of para-hydroxylation sites is 1. The quantitative estimate of drug-likeness (QED) is 0.787. The van der Waals surface area contributed by atoms with Gasteiger partial charge in [0.2, 0.25) is 5.91 Å². The summed E-state index contributed by atoms with van der Waals surface area (Å²) in [5.41, 5.74) is 3.95. The Labute approximate surface area is 160 Å². The van der Waals surface area contributed by atoms with Crippen molar-refractivity contribution < 1.29 is 9.59 Å². The number of hydrogen-bond acceptors (Lipinski definition) is 4. The molecule has 2 aromatic carbocycles. The second-order valence-electron chi connectivity index (χ2n) is 7.44. The van der Waals surface area contributed by atoms with Crippen LogP contribution in [0.2, 0.25) is 0 Å². The van der Waals surface area contributed by atoms with Crippen LogP contribution >= 0.6 is 0 Å². The van der Waals surface area contributed by atoms with Crippen molar-refractivity contribution in [1.82, 2.24) is 4.90 Å². The highest BCUT2D eigenvalue weighted by atomic mass is 16.2. The molecule has 1 unspecified atom stereocenters. The van der Waals surface area contributed by atoms with Crippen molar-refractivity contribution in [3.63, 3.8) is 0 Å². The van der Waals surface area contributed by atoms with Crippen molar-refractivity contribution in [2.24, 2.45) is 0 Å². The van der Waals surface area contributed by atoms with E-state index in [1.807, 2.05) is 50.2 Å². The molecule has 0 N–H and O–H groups in total. The summed E-state index contributed by atoms with van der Waals surface area (Å²) < 4.78 is 0.